The molecule has 7 heteroatoms. The molecule has 0 aliphatic carbocycles. The van der Waals surface area contributed by atoms with Gasteiger partial charge in [-0.2, -0.15) is 0 Å². The predicted molar refractivity (Wildman–Crippen MR) is 124 cm³/mol. The Morgan fingerprint density at radius 2 is 1.67 bits per heavy atom. The van der Waals surface area contributed by atoms with E-state index in [1.54, 1.807) is 55.6 Å². The number of Topliss-reactive ketones (excluding diaryl/α,β-unsaturated/α-hetero) is 1. The van der Waals surface area contributed by atoms with Gasteiger partial charge in [-0.3, -0.25) is 9.59 Å². The van der Waals surface area contributed by atoms with Gasteiger partial charge in [-0.25, -0.2) is 0 Å². The molecule has 0 radical (unpaired) electrons. The predicted octanol–water partition coefficient (Wildman–Crippen LogP) is 1.24. The summed E-state index contributed by atoms with van der Waals surface area (Å²) in [6.45, 7) is 3.84. The highest BCUT2D eigenvalue weighted by atomic mass is 16.5. The van der Waals surface area contributed by atoms with Crippen molar-refractivity contribution in [3.05, 3.63) is 65.2 Å². The molecular weight excluding hydrogens is 420 g/mol. The third kappa shape index (κ3) is 5.54. The number of methoxy groups -OCH3 is 1. The summed E-state index contributed by atoms with van der Waals surface area (Å²) in [5.41, 5.74) is 1.05. The molecule has 176 valence electrons. The van der Waals surface area contributed by atoms with E-state index in [1.807, 2.05) is 21.0 Å². The maximum atomic E-state index is 13.5. The maximum Gasteiger partial charge on any atom is 0.295 e. The molecule has 1 aliphatic heterocycles. The number of hydrogen-bond donors (Lipinski definition) is 1. The second-order valence-electron chi connectivity index (χ2n) is 8.43. The van der Waals surface area contributed by atoms with E-state index in [2.05, 4.69) is 0 Å². The first-order valence-electron chi connectivity index (χ1n) is 11.3. The molecule has 1 heterocycles. The third-order valence-corrected chi connectivity index (χ3v) is 5.63. The zero-order valence-electron chi connectivity index (χ0n) is 19.7. The lowest BCUT2D eigenvalue weighted by molar-refractivity contribution is -0.858. The first kappa shape index (κ1) is 24.3. The van der Waals surface area contributed by atoms with Gasteiger partial charge in [-0.05, 0) is 41.8 Å². The minimum Gasteiger partial charge on any atom is -0.872 e. The second kappa shape index (κ2) is 11.0. The van der Waals surface area contributed by atoms with Gasteiger partial charge < -0.3 is 24.4 Å². The smallest absolute Gasteiger partial charge is 0.295 e. The number of ether oxygens (including phenoxy) is 2. The van der Waals surface area contributed by atoms with Gasteiger partial charge in [0.1, 0.15) is 11.5 Å². The van der Waals surface area contributed by atoms with Crippen molar-refractivity contribution >= 4 is 17.4 Å². The summed E-state index contributed by atoms with van der Waals surface area (Å²) in [6, 6.07) is 13.1. The standard InChI is InChI=1S/C26H32N2O5/c1-5-17-33-21-13-9-19(10-14-21)24(29)22-23(18-7-11-20(32-4)12-8-18)28(26(31)25(22)30)16-6-15-27(2)3/h7-14,23,29H,5-6,15-17H2,1-4H3/b24-22+. The number of nitrogens with zero attached hydrogens (tertiary/aromatic N) is 1. The molecule has 1 saturated heterocycles. The minimum atomic E-state index is -0.732. The first-order chi connectivity index (χ1) is 15.9. The number of carbonyl (C=O) groups is 2. The van der Waals surface area contributed by atoms with Crippen LogP contribution in [0, 0.1) is 0 Å². The van der Waals surface area contributed by atoms with Gasteiger partial charge in [-0.1, -0.05) is 36.9 Å². The number of likely N-dealkylation sites (tertiary alicyclic amines) is 1. The van der Waals surface area contributed by atoms with Crippen molar-refractivity contribution in [2.45, 2.75) is 25.8 Å². The highest BCUT2D eigenvalue weighted by Crippen LogP contribution is 2.39. The molecule has 0 saturated carbocycles. The fourth-order valence-electron chi connectivity index (χ4n) is 3.91. The van der Waals surface area contributed by atoms with Crippen LogP contribution in [0.4, 0.5) is 0 Å². The van der Waals surface area contributed by atoms with E-state index >= 15 is 0 Å². The Balaban J connectivity index is 2.01. The summed E-state index contributed by atoms with van der Waals surface area (Å²) in [5, 5.41) is 13.5. The fraction of sp³-hybridized carbons (Fsp3) is 0.385. The molecule has 0 bridgehead atoms. The normalized spacial score (nSPS) is 17.6. The van der Waals surface area contributed by atoms with E-state index in [0.29, 0.717) is 35.8 Å². The molecule has 1 unspecified atom stereocenters. The van der Waals surface area contributed by atoms with Crippen molar-refractivity contribution in [1.29, 1.82) is 0 Å². The quantitative estimate of drug-likeness (QED) is 0.333. The van der Waals surface area contributed by atoms with Crippen molar-refractivity contribution in [2.75, 3.05) is 40.9 Å². The average molecular weight is 453 g/mol. The van der Waals surface area contributed by atoms with Gasteiger partial charge >= 0.3 is 0 Å². The summed E-state index contributed by atoms with van der Waals surface area (Å²) in [5.74, 6) is -0.475. The summed E-state index contributed by atoms with van der Waals surface area (Å²) >= 11 is 0. The Bertz CT molecular complexity index is 996. The van der Waals surface area contributed by atoms with Crippen molar-refractivity contribution in [1.82, 2.24) is 4.90 Å². The van der Waals surface area contributed by atoms with Crippen molar-refractivity contribution in [3.8, 4) is 11.5 Å². The molecule has 3 rings (SSSR count). The molecule has 0 aromatic heterocycles. The van der Waals surface area contributed by atoms with Crippen molar-refractivity contribution in [3.63, 3.8) is 0 Å². The number of carbonyl (C=O) groups excluding carboxylic acids is 2. The van der Waals surface area contributed by atoms with E-state index in [-0.39, 0.29) is 5.57 Å². The van der Waals surface area contributed by atoms with Gasteiger partial charge in [0.2, 0.25) is 5.78 Å². The highest BCUT2D eigenvalue weighted by Gasteiger charge is 2.43. The average Bonchev–Trinajstić information content (AvgIpc) is 3.07. The van der Waals surface area contributed by atoms with Gasteiger partial charge in [0.25, 0.3) is 5.91 Å². The molecule has 7 nitrogen and oxygen atoms in total. The van der Waals surface area contributed by atoms with Crippen molar-refractivity contribution in [2.24, 2.45) is 0 Å². The van der Waals surface area contributed by atoms with Crippen LogP contribution in [0.3, 0.4) is 0 Å². The number of nitrogens with one attached hydrogen (secondary N) is 1. The minimum absolute atomic E-state index is 0.00964. The number of ketones is 1. The number of rotatable bonds is 10. The van der Waals surface area contributed by atoms with Crippen LogP contribution in [0.1, 0.15) is 36.9 Å². The largest absolute Gasteiger partial charge is 0.872 e. The van der Waals surface area contributed by atoms with E-state index in [1.165, 1.54) is 9.80 Å². The van der Waals surface area contributed by atoms with E-state index in [0.717, 1.165) is 19.4 Å². The molecule has 1 amide bonds. The highest BCUT2D eigenvalue weighted by molar-refractivity contribution is 6.46. The van der Waals surface area contributed by atoms with Crippen LogP contribution in [0.25, 0.3) is 5.76 Å². The molecule has 1 fully saturated rings. The van der Waals surface area contributed by atoms with E-state index < -0.39 is 23.5 Å². The van der Waals surface area contributed by atoms with Crippen molar-refractivity contribution < 1.29 is 29.1 Å². The van der Waals surface area contributed by atoms with E-state index in [9.17, 15) is 14.7 Å². The van der Waals surface area contributed by atoms with Gasteiger partial charge in [0.05, 0.1) is 40.4 Å². The van der Waals surface area contributed by atoms with Crippen LogP contribution in [-0.2, 0) is 9.59 Å². The topological polar surface area (TPSA) is 83.3 Å². The number of benzene rings is 2. The van der Waals surface area contributed by atoms with Crippen LogP contribution >= 0.6 is 0 Å². The molecule has 2 aromatic rings. The van der Waals surface area contributed by atoms with E-state index in [4.69, 9.17) is 9.47 Å². The zero-order valence-corrected chi connectivity index (χ0v) is 19.7. The Morgan fingerprint density at radius 3 is 2.24 bits per heavy atom. The van der Waals surface area contributed by atoms with Gasteiger partial charge in [-0.15, -0.1) is 0 Å². The van der Waals surface area contributed by atoms with Crippen LogP contribution in [-0.4, -0.2) is 57.5 Å². The third-order valence-electron chi connectivity index (χ3n) is 5.63. The molecule has 1 N–H and O–H groups in total. The molecule has 33 heavy (non-hydrogen) atoms. The lowest BCUT2D eigenvalue weighted by Crippen LogP contribution is -3.05. The molecule has 0 spiro atoms. The Hall–Kier alpha value is -3.32. The number of quaternary nitrogens is 1. The maximum absolute atomic E-state index is 13.5. The van der Waals surface area contributed by atoms with Crippen LogP contribution < -0.4 is 19.5 Å². The Kier molecular flexibility index (Phi) is 8.11. The summed E-state index contributed by atoms with van der Waals surface area (Å²) in [4.78, 5) is 28.8. The van der Waals surface area contributed by atoms with Crippen LogP contribution in [0.15, 0.2) is 54.1 Å². The summed E-state index contributed by atoms with van der Waals surface area (Å²) in [7, 11) is 5.64. The monoisotopic (exact) mass is 452 g/mol. The van der Waals surface area contributed by atoms with Crippen LogP contribution in [0.2, 0.25) is 0 Å². The Labute approximate surface area is 195 Å². The number of amides is 1. The fourth-order valence-corrected chi connectivity index (χ4v) is 3.91. The van der Waals surface area contributed by atoms with Crippen LogP contribution in [0.5, 0.6) is 11.5 Å². The lowest BCUT2D eigenvalue weighted by atomic mass is 9.95. The SMILES string of the molecule is CCCOc1ccc(/C([O-])=C2\C(=O)C(=O)N(CCC[NH+](C)C)C2c2ccc(OC)cc2)cc1. The first-order valence-corrected chi connectivity index (χ1v) is 11.3. The molecule has 1 aliphatic rings. The lowest BCUT2D eigenvalue weighted by Gasteiger charge is -2.27. The Morgan fingerprint density at radius 1 is 1.03 bits per heavy atom. The molecular formula is C26H32N2O5. The molecule has 2 aromatic carbocycles. The zero-order chi connectivity index (χ0) is 24.0. The second-order valence-corrected chi connectivity index (χ2v) is 8.43. The number of hydrogen-bond acceptors (Lipinski definition) is 5. The summed E-state index contributed by atoms with van der Waals surface area (Å²) < 4.78 is 10.8. The van der Waals surface area contributed by atoms with Gasteiger partial charge in [0.15, 0.2) is 0 Å². The molecule has 1 atom stereocenters. The summed E-state index contributed by atoms with van der Waals surface area (Å²) in [6.07, 6.45) is 1.60. The van der Waals surface area contributed by atoms with Gasteiger partial charge in [0, 0.05) is 18.5 Å².